The topological polar surface area (TPSA) is 116 Å². The van der Waals surface area contributed by atoms with Gasteiger partial charge in [-0.15, -0.1) is 0 Å². The van der Waals surface area contributed by atoms with Gasteiger partial charge in [0.1, 0.15) is 5.69 Å². The molecule has 11 heteroatoms. The van der Waals surface area contributed by atoms with E-state index in [1.807, 2.05) is 35.0 Å². The third-order valence-electron chi connectivity index (χ3n) is 8.03. The summed E-state index contributed by atoms with van der Waals surface area (Å²) in [6, 6.07) is 10.9. The summed E-state index contributed by atoms with van der Waals surface area (Å²) < 4.78 is 1.67. The van der Waals surface area contributed by atoms with E-state index in [0.717, 1.165) is 37.3 Å². The summed E-state index contributed by atoms with van der Waals surface area (Å²) in [5.74, 6) is -0.383. The van der Waals surface area contributed by atoms with E-state index < -0.39 is 0 Å². The lowest BCUT2D eigenvalue weighted by Gasteiger charge is -2.27. The molecular weight excluding hydrogens is 544 g/mol. The van der Waals surface area contributed by atoms with Gasteiger partial charge in [0, 0.05) is 76.2 Å². The molecule has 0 radical (unpaired) electrons. The molecular formula is C32H42N8O3. The van der Waals surface area contributed by atoms with Crippen molar-refractivity contribution in [1.29, 1.82) is 0 Å². The highest BCUT2D eigenvalue weighted by Gasteiger charge is 2.27. The summed E-state index contributed by atoms with van der Waals surface area (Å²) in [5.41, 5.74) is 3.65. The van der Waals surface area contributed by atoms with Crippen LogP contribution in [0.2, 0.25) is 0 Å². The fraction of sp³-hybridized carbons (Fsp3) is 0.469. The van der Waals surface area contributed by atoms with Gasteiger partial charge in [0.2, 0.25) is 0 Å². The molecule has 1 aromatic carbocycles. The highest BCUT2D eigenvalue weighted by molar-refractivity contribution is 6.07. The summed E-state index contributed by atoms with van der Waals surface area (Å²) in [6.07, 6.45) is 4.80. The molecule has 0 saturated carbocycles. The van der Waals surface area contributed by atoms with E-state index in [0.29, 0.717) is 61.8 Å². The molecule has 2 N–H and O–H groups in total. The maximum atomic E-state index is 13.6. The van der Waals surface area contributed by atoms with Gasteiger partial charge in [-0.2, -0.15) is 5.10 Å². The molecule has 0 unspecified atom stereocenters. The number of hydrogen-bond acceptors (Lipinski definition) is 7. The normalized spacial score (nSPS) is 16.4. The van der Waals surface area contributed by atoms with Crippen molar-refractivity contribution in [2.45, 2.75) is 39.0 Å². The zero-order valence-corrected chi connectivity index (χ0v) is 25.6. The van der Waals surface area contributed by atoms with Crippen molar-refractivity contribution >= 4 is 29.1 Å². The average molecular weight is 587 g/mol. The highest BCUT2D eigenvalue weighted by Crippen LogP contribution is 2.30. The van der Waals surface area contributed by atoms with Crippen molar-refractivity contribution < 1.29 is 14.4 Å². The molecule has 2 aliphatic rings. The summed E-state index contributed by atoms with van der Waals surface area (Å²) in [5, 5.41) is 11.0. The van der Waals surface area contributed by atoms with Gasteiger partial charge in [-0.1, -0.05) is 20.8 Å². The second kappa shape index (κ2) is 12.9. The van der Waals surface area contributed by atoms with E-state index in [4.69, 9.17) is 0 Å². The molecule has 11 nitrogen and oxygen atoms in total. The smallest absolute Gasteiger partial charge is 0.272 e. The van der Waals surface area contributed by atoms with E-state index in [1.54, 1.807) is 29.1 Å². The number of nitrogens with zero attached hydrogens (tertiary/aromatic N) is 6. The summed E-state index contributed by atoms with van der Waals surface area (Å²) in [7, 11) is 1.81. The SMILES string of the molecule is Cn1nc(C(C)(C)C)cc1C(=O)N1CCCN(c2ccc(C(=O)N3CCCNCC3)cc2NC(=O)c2cccnc2)CC1. The number of anilines is 2. The van der Waals surface area contributed by atoms with Gasteiger partial charge in [-0.25, -0.2) is 0 Å². The minimum atomic E-state index is -0.296. The van der Waals surface area contributed by atoms with Crippen molar-refractivity contribution in [2.75, 3.05) is 62.6 Å². The zero-order valence-electron chi connectivity index (χ0n) is 25.6. The second-order valence-corrected chi connectivity index (χ2v) is 12.2. The number of pyridine rings is 1. The molecule has 2 saturated heterocycles. The van der Waals surface area contributed by atoms with Crippen molar-refractivity contribution in [3.05, 3.63) is 71.3 Å². The fourth-order valence-electron chi connectivity index (χ4n) is 5.53. The first-order valence-electron chi connectivity index (χ1n) is 15.1. The first kappa shape index (κ1) is 30.2. The van der Waals surface area contributed by atoms with Gasteiger partial charge in [-0.3, -0.25) is 24.0 Å². The van der Waals surface area contributed by atoms with E-state index >= 15 is 0 Å². The van der Waals surface area contributed by atoms with Crippen LogP contribution < -0.4 is 15.5 Å². The van der Waals surface area contributed by atoms with Crippen LogP contribution in [0.25, 0.3) is 0 Å². The number of aromatic nitrogens is 3. The Morgan fingerprint density at radius 2 is 1.65 bits per heavy atom. The Balaban J connectivity index is 1.38. The van der Waals surface area contributed by atoms with Crippen LogP contribution in [-0.2, 0) is 12.5 Å². The number of carbonyl (C=O) groups is 3. The van der Waals surface area contributed by atoms with E-state index in [2.05, 4.69) is 46.4 Å². The maximum absolute atomic E-state index is 13.6. The quantitative estimate of drug-likeness (QED) is 0.472. The Kier molecular flexibility index (Phi) is 9.10. The predicted molar refractivity (Wildman–Crippen MR) is 167 cm³/mol. The summed E-state index contributed by atoms with van der Waals surface area (Å²) in [6.45, 7) is 11.6. The molecule has 4 heterocycles. The first-order chi connectivity index (χ1) is 20.6. The lowest BCUT2D eigenvalue weighted by molar-refractivity contribution is 0.0752. The van der Waals surface area contributed by atoms with E-state index in [1.165, 1.54) is 6.20 Å². The van der Waals surface area contributed by atoms with Crippen molar-refractivity contribution in [3.8, 4) is 0 Å². The molecule has 0 bridgehead atoms. The van der Waals surface area contributed by atoms with Gasteiger partial charge in [0.15, 0.2) is 0 Å². The monoisotopic (exact) mass is 586 g/mol. The van der Waals surface area contributed by atoms with Gasteiger partial charge >= 0.3 is 0 Å². The fourth-order valence-corrected chi connectivity index (χ4v) is 5.53. The average Bonchev–Trinajstić information content (AvgIpc) is 3.17. The minimum Gasteiger partial charge on any atom is -0.368 e. The Bertz CT molecular complexity index is 1450. The zero-order chi connectivity index (χ0) is 30.6. The minimum absolute atomic E-state index is 0.0367. The van der Waals surface area contributed by atoms with Gasteiger partial charge in [0.05, 0.1) is 22.6 Å². The van der Waals surface area contributed by atoms with Crippen LogP contribution in [0.5, 0.6) is 0 Å². The predicted octanol–water partition coefficient (Wildman–Crippen LogP) is 3.15. The molecule has 228 valence electrons. The molecule has 2 fully saturated rings. The van der Waals surface area contributed by atoms with Gasteiger partial charge in [0.25, 0.3) is 17.7 Å². The Morgan fingerprint density at radius 3 is 2.40 bits per heavy atom. The van der Waals surface area contributed by atoms with Crippen LogP contribution >= 0.6 is 0 Å². The van der Waals surface area contributed by atoms with Crippen LogP contribution in [-0.4, -0.2) is 94.6 Å². The molecule has 3 amide bonds. The number of aryl methyl sites for hydroxylation is 1. The van der Waals surface area contributed by atoms with E-state index in [-0.39, 0.29) is 23.1 Å². The molecule has 0 spiro atoms. The third-order valence-corrected chi connectivity index (χ3v) is 8.03. The molecule has 5 rings (SSSR count). The number of hydrogen-bond donors (Lipinski definition) is 2. The van der Waals surface area contributed by atoms with Crippen molar-refractivity contribution in [3.63, 3.8) is 0 Å². The van der Waals surface area contributed by atoms with Crippen LogP contribution in [0, 0.1) is 0 Å². The lowest BCUT2D eigenvalue weighted by Crippen LogP contribution is -2.36. The standard InChI is InChI=1S/C32H42N8O3/c1-32(2,3)28-21-27(37(4)36-28)31(43)40-16-7-15-38(18-19-40)26-10-9-23(30(42)39-14-6-12-33-13-17-39)20-25(26)35-29(41)24-8-5-11-34-22-24/h5,8-11,20-22,33H,6-7,12-19H2,1-4H3,(H,35,41). The Labute approximate surface area is 253 Å². The Hall–Kier alpha value is -4.25. The number of nitrogens with one attached hydrogen (secondary N) is 2. The van der Waals surface area contributed by atoms with Crippen LogP contribution in [0.1, 0.15) is 70.5 Å². The molecule has 2 aliphatic heterocycles. The van der Waals surface area contributed by atoms with Crippen molar-refractivity contribution in [1.82, 2.24) is 29.9 Å². The van der Waals surface area contributed by atoms with Gasteiger partial charge < -0.3 is 25.3 Å². The number of carbonyl (C=O) groups excluding carboxylic acids is 3. The van der Waals surface area contributed by atoms with Crippen LogP contribution in [0.15, 0.2) is 48.8 Å². The summed E-state index contributed by atoms with van der Waals surface area (Å²) in [4.78, 5) is 50.2. The van der Waals surface area contributed by atoms with Gasteiger partial charge in [-0.05, 0) is 55.8 Å². The van der Waals surface area contributed by atoms with Crippen molar-refractivity contribution in [2.24, 2.45) is 7.05 Å². The highest BCUT2D eigenvalue weighted by atomic mass is 16.2. The molecule has 0 aliphatic carbocycles. The molecule has 3 aromatic rings. The number of benzene rings is 1. The molecule has 0 atom stereocenters. The summed E-state index contributed by atoms with van der Waals surface area (Å²) >= 11 is 0. The molecule has 43 heavy (non-hydrogen) atoms. The second-order valence-electron chi connectivity index (χ2n) is 12.2. The Morgan fingerprint density at radius 1 is 0.860 bits per heavy atom. The van der Waals surface area contributed by atoms with E-state index in [9.17, 15) is 14.4 Å². The number of rotatable bonds is 5. The van der Waals surface area contributed by atoms with Crippen LogP contribution in [0.4, 0.5) is 11.4 Å². The maximum Gasteiger partial charge on any atom is 0.272 e. The number of amides is 3. The van der Waals surface area contributed by atoms with Crippen LogP contribution in [0.3, 0.4) is 0 Å². The largest absolute Gasteiger partial charge is 0.368 e. The lowest BCUT2D eigenvalue weighted by atomic mass is 9.92. The third kappa shape index (κ3) is 7.05. The molecule has 2 aromatic heterocycles. The first-order valence-corrected chi connectivity index (χ1v) is 15.1.